The molecule has 3 amide bonds. The highest BCUT2D eigenvalue weighted by Crippen LogP contribution is 2.22. The molecule has 0 unspecified atom stereocenters. The molecule has 4 atom stereocenters. The molecule has 11 heteroatoms. The lowest BCUT2D eigenvalue weighted by molar-refractivity contribution is -0.150. The highest BCUT2D eigenvalue weighted by atomic mass is 16.5. The van der Waals surface area contributed by atoms with E-state index in [0.717, 1.165) is 30.4 Å². The number of piperidine rings is 1. The second-order valence-electron chi connectivity index (χ2n) is 12.4. The summed E-state index contributed by atoms with van der Waals surface area (Å²) in [5.41, 5.74) is 1.57. The van der Waals surface area contributed by atoms with Gasteiger partial charge in [-0.3, -0.25) is 19.2 Å². The standard InChI is InChI=1S/C35H46N4O7/c1-24(2)20-29(35(44)46-23-26-14-7-4-8-15-26)38-32(41)28(21-30(40)45-22-25-12-5-3-6-13-25)37-33(42)31-27(16-11-17-36-31)34(43)39-18-9-10-19-39/h3-8,12-15,24,27-29,31,36H,9-11,16-23H2,1-2H3,(H,37,42)(H,38,41)/t27-,28+,29+,31-/m1/s1. The van der Waals surface area contributed by atoms with E-state index in [9.17, 15) is 24.0 Å². The van der Waals surface area contributed by atoms with Gasteiger partial charge in [0.25, 0.3) is 0 Å². The van der Waals surface area contributed by atoms with E-state index < -0.39 is 54.2 Å². The Kier molecular flexibility index (Phi) is 13.1. The smallest absolute Gasteiger partial charge is 0.328 e. The van der Waals surface area contributed by atoms with Gasteiger partial charge in [0.1, 0.15) is 25.3 Å². The number of hydrogen-bond acceptors (Lipinski definition) is 8. The molecule has 2 saturated heterocycles. The van der Waals surface area contributed by atoms with E-state index in [2.05, 4.69) is 16.0 Å². The van der Waals surface area contributed by atoms with Gasteiger partial charge >= 0.3 is 11.9 Å². The van der Waals surface area contributed by atoms with Crippen LogP contribution in [0.15, 0.2) is 60.7 Å². The van der Waals surface area contributed by atoms with Crippen LogP contribution in [0.1, 0.15) is 63.5 Å². The molecule has 2 heterocycles. The number of carbonyl (C=O) groups excluding carboxylic acids is 5. The molecule has 0 spiro atoms. The average molecular weight is 635 g/mol. The molecule has 3 N–H and O–H groups in total. The zero-order chi connectivity index (χ0) is 32.9. The van der Waals surface area contributed by atoms with Crippen LogP contribution < -0.4 is 16.0 Å². The Morgan fingerprint density at radius 2 is 1.43 bits per heavy atom. The van der Waals surface area contributed by atoms with E-state index in [1.807, 2.05) is 74.5 Å². The lowest BCUT2D eigenvalue weighted by Crippen LogP contribution is -2.60. The molecule has 0 saturated carbocycles. The van der Waals surface area contributed by atoms with E-state index in [0.29, 0.717) is 26.1 Å². The summed E-state index contributed by atoms with van der Waals surface area (Å²) in [5, 5.41) is 8.58. The van der Waals surface area contributed by atoms with Crippen LogP contribution in [-0.4, -0.2) is 72.3 Å². The molecule has 2 aliphatic heterocycles. The molecule has 0 aliphatic carbocycles. The van der Waals surface area contributed by atoms with Gasteiger partial charge in [0.05, 0.1) is 18.4 Å². The van der Waals surface area contributed by atoms with Gasteiger partial charge in [-0.2, -0.15) is 0 Å². The zero-order valence-corrected chi connectivity index (χ0v) is 26.7. The lowest BCUT2D eigenvalue weighted by atomic mass is 9.88. The average Bonchev–Trinajstić information content (AvgIpc) is 3.61. The highest BCUT2D eigenvalue weighted by molar-refractivity contribution is 5.96. The molecule has 0 bridgehead atoms. The number of likely N-dealkylation sites (tertiary alicyclic amines) is 1. The van der Waals surface area contributed by atoms with Crippen LogP contribution in [0.4, 0.5) is 0 Å². The number of carbonyl (C=O) groups is 5. The minimum atomic E-state index is -1.35. The van der Waals surface area contributed by atoms with Crippen molar-refractivity contribution in [3.8, 4) is 0 Å². The molecule has 11 nitrogen and oxygen atoms in total. The van der Waals surface area contributed by atoms with Crippen molar-refractivity contribution in [1.82, 2.24) is 20.9 Å². The Morgan fingerprint density at radius 1 is 0.826 bits per heavy atom. The third kappa shape index (κ3) is 10.4. The topological polar surface area (TPSA) is 143 Å². The van der Waals surface area contributed by atoms with Crippen molar-refractivity contribution in [2.24, 2.45) is 11.8 Å². The number of rotatable bonds is 14. The van der Waals surface area contributed by atoms with Crippen LogP contribution in [0, 0.1) is 11.8 Å². The number of esters is 2. The Bertz CT molecular complexity index is 1310. The second kappa shape index (κ2) is 17.4. The van der Waals surface area contributed by atoms with Crippen molar-refractivity contribution in [2.45, 2.75) is 83.7 Å². The van der Waals surface area contributed by atoms with E-state index in [1.165, 1.54) is 0 Å². The molecule has 248 valence electrons. The Balaban J connectivity index is 1.47. The van der Waals surface area contributed by atoms with Crippen LogP contribution in [0.25, 0.3) is 0 Å². The summed E-state index contributed by atoms with van der Waals surface area (Å²) in [6.45, 7) is 5.74. The number of amides is 3. The maximum Gasteiger partial charge on any atom is 0.328 e. The van der Waals surface area contributed by atoms with Crippen molar-refractivity contribution in [3.05, 3.63) is 71.8 Å². The fourth-order valence-electron chi connectivity index (χ4n) is 5.82. The largest absolute Gasteiger partial charge is 0.461 e. The van der Waals surface area contributed by atoms with Gasteiger partial charge in [0.15, 0.2) is 0 Å². The van der Waals surface area contributed by atoms with Crippen molar-refractivity contribution < 1.29 is 33.4 Å². The first-order valence-electron chi connectivity index (χ1n) is 16.2. The minimum absolute atomic E-state index is 0.000334. The van der Waals surface area contributed by atoms with Crippen LogP contribution >= 0.6 is 0 Å². The fraction of sp³-hybridized carbons (Fsp3) is 0.514. The first-order valence-corrected chi connectivity index (χ1v) is 16.2. The highest BCUT2D eigenvalue weighted by Gasteiger charge is 2.40. The summed E-state index contributed by atoms with van der Waals surface area (Å²) in [6, 6.07) is 15.1. The Labute approximate surface area is 270 Å². The van der Waals surface area contributed by atoms with Gasteiger partial charge < -0.3 is 30.3 Å². The van der Waals surface area contributed by atoms with E-state index in [-0.39, 0.29) is 31.5 Å². The maximum atomic E-state index is 13.7. The third-order valence-corrected chi connectivity index (χ3v) is 8.25. The molecular weight excluding hydrogens is 588 g/mol. The first kappa shape index (κ1) is 34.6. The van der Waals surface area contributed by atoms with Gasteiger partial charge in [-0.25, -0.2) is 4.79 Å². The summed E-state index contributed by atoms with van der Waals surface area (Å²) in [6.07, 6.45) is 2.97. The van der Waals surface area contributed by atoms with Crippen LogP contribution in [-0.2, 0) is 46.7 Å². The maximum absolute atomic E-state index is 13.7. The predicted octanol–water partition coefficient (Wildman–Crippen LogP) is 2.87. The summed E-state index contributed by atoms with van der Waals surface area (Å²) < 4.78 is 10.9. The first-order chi connectivity index (χ1) is 22.2. The Hall–Kier alpha value is -4.25. The van der Waals surface area contributed by atoms with Crippen LogP contribution in [0.2, 0.25) is 0 Å². The molecule has 2 aliphatic rings. The van der Waals surface area contributed by atoms with Gasteiger partial charge in [-0.15, -0.1) is 0 Å². The summed E-state index contributed by atoms with van der Waals surface area (Å²) in [4.78, 5) is 68.6. The number of nitrogens with zero attached hydrogens (tertiary/aromatic N) is 1. The van der Waals surface area contributed by atoms with E-state index in [4.69, 9.17) is 9.47 Å². The zero-order valence-electron chi connectivity index (χ0n) is 26.7. The summed E-state index contributed by atoms with van der Waals surface area (Å²) in [7, 11) is 0. The molecule has 2 aromatic rings. The van der Waals surface area contributed by atoms with E-state index >= 15 is 0 Å². The molecular formula is C35H46N4O7. The number of nitrogens with one attached hydrogen (secondary N) is 3. The molecule has 4 rings (SSSR count). The van der Waals surface area contributed by atoms with Gasteiger partial charge in [-0.05, 0) is 55.7 Å². The number of hydrogen-bond donors (Lipinski definition) is 3. The quantitative estimate of drug-likeness (QED) is 0.269. The van der Waals surface area contributed by atoms with Crippen molar-refractivity contribution in [3.63, 3.8) is 0 Å². The van der Waals surface area contributed by atoms with Gasteiger partial charge in [0, 0.05) is 13.1 Å². The number of benzene rings is 2. The molecule has 2 fully saturated rings. The monoisotopic (exact) mass is 634 g/mol. The van der Waals surface area contributed by atoms with Gasteiger partial charge in [-0.1, -0.05) is 74.5 Å². The fourth-order valence-corrected chi connectivity index (χ4v) is 5.82. The van der Waals surface area contributed by atoms with Crippen molar-refractivity contribution in [1.29, 1.82) is 0 Å². The van der Waals surface area contributed by atoms with Crippen molar-refractivity contribution >= 4 is 29.7 Å². The molecule has 46 heavy (non-hydrogen) atoms. The van der Waals surface area contributed by atoms with Gasteiger partial charge in [0.2, 0.25) is 17.7 Å². The normalized spacial score (nSPS) is 19.2. The Morgan fingerprint density at radius 3 is 2.04 bits per heavy atom. The van der Waals surface area contributed by atoms with Crippen LogP contribution in [0.5, 0.6) is 0 Å². The minimum Gasteiger partial charge on any atom is -0.461 e. The van der Waals surface area contributed by atoms with Crippen molar-refractivity contribution in [2.75, 3.05) is 19.6 Å². The molecule has 0 aromatic heterocycles. The molecule has 2 aromatic carbocycles. The van der Waals surface area contributed by atoms with Crippen LogP contribution in [0.3, 0.4) is 0 Å². The second-order valence-corrected chi connectivity index (χ2v) is 12.4. The molecule has 0 radical (unpaired) electrons. The summed E-state index contributed by atoms with van der Waals surface area (Å²) >= 11 is 0. The predicted molar refractivity (Wildman–Crippen MR) is 171 cm³/mol. The van der Waals surface area contributed by atoms with E-state index in [1.54, 1.807) is 4.90 Å². The lowest BCUT2D eigenvalue weighted by Gasteiger charge is -2.34. The number of ether oxygens (including phenoxy) is 2. The third-order valence-electron chi connectivity index (χ3n) is 8.25. The summed E-state index contributed by atoms with van der Waals surface area (Å²) in [5.74, 6) is -3.22. The SMILES string of the molecule is CC(C)C[C@H](NC(=O)[C@H](CC(=O)OCc1ccccc1)NC(=O)[C@@H]1NCCC[C@H]1C(=O)N1CCCC1)C(=O)OCc1ccccc1.